The molecule has 1 aromatic carbocycles. The van der Waals surface area contributed by atoms with Gasteiger partial charge in [0.05, 0.1) is 16.9 Å². The summed E-state index contributed by atoms with van der Waals surface area (Å²) in [6.45, 7) is 1.20. The van der Waals surface area contributed by atoms with Gasteiger partial charge in [-0.3, -0.25) is 0 Å². The van der Waals surface area contributed by atoms with Crippen molar-refractivity contribution in [2.45, 2.75) is 15.0 Å². The molecule has 1 aliphatic heterocycles. The molecule has 2 heterocycles. The van der Waals surface area contributed by atoms with E-state index in [1.54, 1.807) is 30.5 Å². The van der Waals surface area contributed by atoms with Crippen molar-refractivity contribution in [2.75, 3.05) is 18.8 Å². The quantitative estimate of drug-likeness (QED) is 0.108. The number of hydrazone groups is 1. The molecule has 0 saturated carbocycles. The van der Waals surface area contributed by atoms with E-state index < -0.39 is 22.5 Å². The van der Waals surface area contributed by atoms with Crippen LogP contribution in [-0.4, -0.2) is 38.3 Å². The Balaban J connectivity index is 2.27. The first-order valence-electron chi connectivity index (χ1n) is 7.90. The third-order valence-corrected chi connectivity index (χ3v) is 6.82. The minimum atomic E-state index is -1.99. The van der Waals surface area contributed by atoms with Crippen LogP contribution in [0.3, 0.4) is 0 Å². The van der Waals surface area contributed by atoms with Gasteiger partial charge in [0.1, 0.15) is 11.1 Å². The lowest BCUT2D eigenvalue weighted by Gasteiger charge is -2.30. The van der Waals surface area contributed by atoms with Crippen LogP contribution >= 0.6 is 0 Å². The van der Waals surface area contributed by atoms with Crippen LogP contribution < -0.4 is 33.3 Å². The molecule has 12 heteroatoms. The number of aromatic nitrogens is 1. The summed E-state index contributed by atoms with van der Waals surface area (Å²) in [5.74, 6) is 5.45. The highest BCUT2D eigenvalue weighted by atomic mass is 32.2. The van der Waals surface area contributed by atoms with Crippen molar-refractivity contribution >= 4 is 34.2 Å². The van der Waals surface area contributed by atoms with Gasteiger partial charge < -0.3 is 25.9 Å². The molecule has 1 saturated heterocycles. The summed E-state index contributed by atoms with van der Waals surface area (Å²) in [4.78, 5) is 4.55. The molecule has 1 aromatic heterocycles. The normalized spacial score (nSPS) is 17.3. The fourth-order valence-corrected chi connectivity index (χ4v) is 5.32. The van der Waals surface area contributed by atoms with Gasteiger partial charge in [0.15, 0.2) is 5.84 Å². The molecule has 2 atom stereocenters. The molecule has 144 valence electrons. The van der Waals surface area contributed by atoms with E-state index in [1.165, 1.54) is 0 Å². The Morgan fingerprint density at radius 1 is 1.26 bits per heavy atom. The molecule has 0 spiro atoms. The third kappa shape index (κ3) is 3.82. The first kappa shape index (κ1) is 19.7. The standard InChI is InChI=1S/C15H20N8O2S2/c16-14-10(2-1-5-21-14)9-3-4-11(26(24)8-6-20-7-8)13(27(19)25)12(9)15(17)22-23-18/h1-5,8,20,23H,6-7,18-19H2,(H2,16,21)(H2,17,22). The maximum absolute atomic E-state index is 12.9. The Hall–Kier alpha value is -2.06. The average Bonchev–Trinajstić information content (AvgIpc) is 2.59. The number of pyridine rings is 1. The number of nitrogens with one attached hydrogen (secondary N) is 2. The molecule has 10 nitrogen and oxygen atoms in total. The van der Waals surface area contributed by atoms with Crippen molar-refractivity contribution in [1.29, 1.82) is 0 Å². The highest BCUT2D eigenvalue weighted by Gasteiger charge is 2.38. The summed E-state index contributed by atoms with van der Waals surface area (Å²) in [6, 6.07) is 6.76. The SMILES string of the molecule is NN/N=C(\N)c1c(-c2cccnc2N)ccc([S+]([O-])C2CNC2)c1[S+](N)[O-]. The van der Waals surface area contributed by atoms with E-state index in [2.05, 4.69) is 20.9 Å². The molecule has 10 N–H and O–H groups in total. The minimum absolute atomic E-state index is 0.0601. The first-order chi connectivity index (χ1) is 13.0. The number of nitrogens with two attached hydrogens (primary N) is 4. The number of anilines is 1. The molecular weight excluding hydrogens is 388 g/mol. The molecule has 0 bridgehead atoms. The summed E-state index contributed by atoms with van der Waals surface area (Å²) < 4.78 is 25.4. The second kappa shape index (κ2) is 8.31. The summed E-state index contributed by atoms with van der Waals surface area (Å²) in [5, 5.41) is 12.5. The second-order valence-electron chi connectivity index (χ2n) is 5.75. The number of nitrogens with zero attached hydrogens (tertiary/aromatic N) is 2. The smallest absolute Gasteiger partial charge is 0.239 e. The van der Waals surface area contributed by atoms with Crippen LogP contribution in [0.4, 0.5) is 5.82 Å². The molecule has 2 aromatic rings. The Labute approximate surface area is 162 Å². The number of hydrogen-bond acceptors (Lipinski definition) is 9. The van der Waals surface area contributed by atoms with E-state index in [9.17, 15) is 9.11 Å². The third-order valence-electron chi connectivity index (χ3n) is 4.16. The summed E-state index contributed by atoms with van der Waals surface area (Å²) in [7, 11) is 0. The van der Waals surface area contributed by atoms with Crippen molar-refractivity contribution < 1.29 is 9.11 Å². The maximum atomic E-state index is 12.9. The van der Waals surface area contributed by atoms with Gasteiger partial charge in [-0.15, -0.1) is 10.2 Å². The number of hydrogen-bond donors (Lipinski definition) is 6. The first-order valence-corrected chi connectivity index (χ1v) is 10.3. The van der Waals surface area contributed by atoms with Crippen LogP contribution in [0.15, 0.2) is 45.4 Å². The van der Waals surface area contributed by atoms with Crippen LogP contribution in [0, 0.1) is 0 Å². The molecule has 0 amide bonds. The van der Waals surface area contributed by atoms with E-state index in [4.69, 9.17) is 22.4 Å². The van der Waals surface area contributed by atoms with Gasteiger partial charge in [-0.25, -0.2) is 16.4 Å². The van der Waals surface area contributed by atoms with Gasteiger partial charge in [0.2, 0.25) is 9.79 Å². The van der Waals surface area contributed by atoms with Crippen LogP contribution in [-0.2, 0) is 22.5 Å². The van der Waals surface area contributed by atoms with E-state index in [0.29, 0.717) is 29.1 Å². The van der Waals surface area contributed by atoms with Crippen LogP contribution in [0.2, 0.25) is 0 Å². The lowest BCUT2D eigenvalue weighted by Crippen LogP contribution is -2.51. The van der Waals surface area contributed by atoms with Gasteiger partial charge in [-0.05, 0) is 35.4 Å². The zero-order valence-electron chi connectivity index (χ0n) is 14.2. The number of nitrogen functional groups attached to an aromatic ring is 1. The predicted octanol–water partition coefficient (Wildman–Crippen LogP) is -1.52. The lowest BCUT2D eigenvalue weighted by molar-refractivity contribution is 0.493. The van der Waals surface area contributed by atoms with Gasteiger partial charge in [0, 0.05) is 30.4 Å². The monoisotopic (exact) mass is 408 g/mol. The topological polar surface area (TPSA) is 200 Å². The van der Waals surface area contributed by atoms with E-state index in [-0.39, 0.29) is 27.4 Å². The maximum Gasteiger partial charge on any atom is 0.239 e. The summed E-state index contributed by atoms with van der Waals surface area (Å²) in [5.41, 5.74) is 15.5. The molecule has 0 radical (unpaired) electrons. The molecule has 27 heavy (non-hydrogen) atoms. The lowest BCUT2D eigenvalue weighted by atomic mass is 9.99. The fourth-order valence-electron chi connectivity index (χ4n) is 2.76. The number of amidine groups is 1. The average molecular weight is 409 g/mol. The van der Waals surface area contributed by atoms with Crippen molar-refractivity contribution in [3.05, 3.63) is 36.0 Å². The van der Waals surface area contributed by atoms with E-state index in [0.717, 1.165) is 0 Å². The number of benzene rings is 1. The zero-order chi connectivity index (χ0) is 19.6. The Bertz CT molecular complexity index is 860. The van der Waals surface area contributed by atoms with Crippen LogP contribution in [0.5, 0.6) is 0 Å². The molecule has 3 rings (SSSR count). The van der Waals surface area contributed by atoms with Crippen LogP contribution in [0.1, 0.15) is 5.56 Å². The van der Waals surface area contributed by atoms with E-state index in [1.807, 2.05) is 0 Å². The van der Waals surface area contributed by atoms with Gasteiger partial charge >= 0.3 is 0 Å². The molecule has 2 unspecified atom stereocenters. The van der Waals surface area contributed by atoms with Gasteiger partial charge in [-0.1, -0.05) is 0 Å². The van der Waals surface area contributed by atoms with Crippen molar-refractivity contribution in [3.63, 3.8) is 0 Å². The number of hydrazine groups is 1. The Morgan fingerprint density at radius 2 is 2.00 bits per heavy atom. The van der Waals surface area contributed by atoms with E-state index >= 15 is 0 Å². The largest absolute Gasteiger partial charge is 0.611 e. The Kier molecular flexibility index (Phi) is 6.06. The van der Waals surface area contributed by atoms with Crippen molar-refractivity contribution in [2.24, 2.45) is 21.8 Å². The predicted molar refractivity (Wildman–Crippen MR) is 106 cm³/mol. The minimum Gasteiger partial charge on any atom is -0.611 e. The highest BCUT2D eigenvalue weighted by molar-refractivity contribution is 7.94. The Morgan fingerprint density at radius 3 is 2.56 bits per heavy atom. The van der Waals surface area contributed by atoms with Gasteiger partial charge in [0.25, 0.3) is 0 Å². The second-order valence-corrected chi connectivity index (χ2v) is 8.46. The van der Waals surface area contributed by atoms with Crippen molar-refractivity contribution in [3.8, 4) is 11.1 Å². The molecular formula is C15H20N8O2S2. The summed E-state index contributed by atoms with van der Waals surface area (Å²) >= 11 is -3.40. The van der Waals surface area contributed by atoms with Crippen LogP contribution in [0.25, 0.3) is 11.1 Å². The highest BCUT2D eigenvalue weighted by Crippen LogP contribution is 2.36. The van der Waals surface area contributed by atoms with Gasteiger partial charge in [-0.2, -0.15) is 0 Å². The molecule has 1 aliphatic rings. The van der Waals surface area contributed by atoms with Crippen molar-refractivity contribution in [1.82, 2.24) is 15.8 Å². The summed E-state index contributed by atoms with van der Waals surface area (Å²) in [6.07, 6.45) is 1.55. The molecule has 0 aliphatic carbocycles. The zero-order valence-corrected chi connectivity index (χ0v) is 15.8. The molecule has 1 fully saturated rings. The number of rotatable bonds is 6. The fraction of sp³-hybridized carbons (Fsp3) is 0.200.